The Morgan fingerprint density at radius 1 is 1.63 bits per heavy atom. The van der Waals surface area contributed by atoms with Gasteiger partial charge in [-0.25, -0.2) is 9.78 Å². The number of carbonyl (C=O) groups is 1. The maximum Gasteiger partial charge on any atom is 0.408 e. The Bertz CT molecular complexity index is 446. The van der Waals surface area contributed by atoms with E-state index in [1.165, 1.54) is 0 Å². The van der Waals surface area contributed by atoms with E-state index in [0.29, 0.717) is 6.04 Å². The second-order valence-electron chi connectivity index (χ2n) is 5.84. The molecule has 0 aromatic carbocycles. The van der Waals surface area contributed by atoms with Crippen molar-refractivity contribution in [1.29, 1.82) is 0 Å². The Morgan fingerprint density at radius 2 is 2.32 bits per heavy atom. The van der Waals surface area contributed by atoms with Gasteiger partial charge in [-0.15, -0.1) is 0 Å². The first-order valence-corrected chi connectivity index (χ1v) is 6.53. The molecule has 19 heavy (non-hydrogen) atoms. The summed E-state index contributed by atoms with van der Waals surface area (Å²) in [6.45, 7) is 5.22. The molecule has 6 nitrogen and oxygen atoms in total. The molecule has 1 heterocycles. The largest absolute Gasteiger partial charge is 0.444 e. The molecule has 1 fully saturated rings. The van der Waals surface area contributed by atoms with Gasteiger partial charge in [-0.1, -0.05) is 0 Å². The van der Waals surface area contributed by atoms with Gasteiger partial charge in [-0.05, 0) is 33.6 Å². The van der Waals surface area contributed by atoms with Gasteiger partial charge in [0.2, 0.25) is 0 Å². The van der Waals surface area contributed by atoms with Crippen LogP contribution < -0.4 is 5.32 Å². The Balaban J connectivity index is 2.03. The average molecular weight is 267 g/mol. The first kappa shape index (κ1) is 13.9. The zero-order valence-corrected chi connectivity index (χ0v) is 11.6. The van der Waals surface area contributed by atoms with Gasteiger partial charge in [0.05, 0.1) is 30.9 Å². The van der Waals surface area contributed by atoms with Gasteiger partial charge in [0.1, 0.15) is 5.60 Å². The summed E-state index contributed by atoms with van der Waals surface area (Å²) in [6, 6.07) is -0.0371. The van der Waals surface area contributed by atoms with Crippen molar-refractivity contribution in [1.82, 2.24) is 14.9 Å². The highest BCUT2D eigenvalue weighted by molar-refractivity contribution is 5.68. The van der Waals surface area contributed by atoms with E-state index in [4.69, 9.17) is 4.74 Å². The third-order valence-electron chi connectivity index (χ3n) is 2.87. The van der Waals surface area contributed by atoms with Gasteiger partial charge in [-0.3, -0.25) is 0 Å². The summed E-state index contributed by atoms with van der Waals surface area (Å²) in [5, 5.41) is 12.1. The summed E-state index contributed by atoms with van der Waals surface area (Å²) in [7, 11) is 0. The predicted octanol–water partition coefficient (Wildman–Crippen LogP) is 1.78. The lowest BCUT2D eigenvalue weighted by atomic mass is 10.2. The summed E-state index contributed by atoms with van der Waals surface area (Å²) in [6.07, 6.45) is 5.13. The minimum Gasteiger partial charge on any atom is -0.444 e. The topological polar surface area (TPSA) is 76.4 Å². The molecule has 1 aliphatic carbocycles. The van der Waals surface area contributed by atoms with Gasteiger partial charge in [-0.2, -0.15) is 0 Å². The van der Waals surface area contributed by atoms with Crippen LogP contribution in [0.5, 0.6) is 0 Å². The maximum atomic E-state index is 11.7. The standard InChI is InChI=1S/C13H21N3O3/c1-13(2,3)19-12(18)15-10(7-17)11-6-14-8-16(11)9-4-5-9/h6,8-10,17H,4-5,7H2,1-3H3,(H,15,18). The molecule has 2 rings (SSSR count). The quantitative estimate of drug-likeness (QED) is 0.871. The number of aliphatic hydroxyl groups excluding tert-OH is 1. The number of hydrogen-bond acceptors (Lipinski definition) is 4. The monoisotopic (exact) mass is 267 g/mol. The molecule has 1 unspecified atom stereocenters. The average Bonchev–Trinajstić information content (AvgIpc) is 3.02. The fraction of sp³-hybridized carbons (Fsp3) is 0.692. The van der Waals surface area contributed by atoms with Crippen LogP contribution in [0.1, 0.15) is 51.4 Å². The van der Waals surface area contributed by atoms with E-state index in [9.17, 15) is 9.90 Å². The number of rotatable bonds is 4. The zero-order valence-electron chi connectivity index (χ0n) is 11.6. The summed E-state index contributed by atoms with van der Waals surface area (Å²) in [5.41, 5.74) is 0.261. The molecule has 6 heteroatoms. The third kappa shape index (κ3) is 3.70. The van der Waals surface area contributed by atoms with E-state index in [0.717, 1.165) is 18.5 Å². The van der Waals surface area contributed by atoms with Crippen LogP contribution in [0.4, 0.5) is 4.79 Å². The molecule has 1 aromatic rings. The second-order valence-corrected chi connectivity index (χ2v) is 5.84. The Labute approximate surface area is 112 Å². The van der Waals surface area contributed by atoms with Crippen molar-refractivity contribution in [2.24, 2.45) is 0 Å². The lowest BCUT2D eigenvalue weighted by molar-refractivity contribution is 0.0479. The van der Waals surface area contributed by atoms with Crippen molar-refractivity contribution >= 4 is 6.09 Å². The van der Waals surface area contributed by atoms with Crippen molar-refractivity contribution in [3.05, 3.63) is 18.2 Å². The van der Waals surface area contributed by atoms with Gasteiger partial charge in [0.25, 0.3) is 0 Å². The van der Waals surface area contributed by atoms with Crippen molar-refractivity contribution in [3.8, 4) is 0 Å². The van der Waals surface area contributed by atoms with Crippen LogP contribution in [0, 0.1) is 0 Å². The highest BCUT2D eigenvalue weighted by Crippen LogP contribution is 2.36. The highest BCUT2D eigenvalue weighted by atomic mass is 16.6. The molecular weight excluding hydrogens is 246 g/mol. The minimum absolute atomic E-state index is 0.183. The molecule has 0 saturated heterocycles. The molecule has 0 aliphatic heterocycles. The van der Waals surface area contributed by atoms with Crippen LogP contribution in [-0.4, -0.2) is 33.0 Å². The number of ether oxygens (including phenoxy) is 1. The van der Waals surface area contributed by atoms with Crippen molar-refractivity contribution in [2.45, 2.75) is 51.3 Å². The van der Waals surface area contributed by atoms with E-state index in [1.54, 1.807) is 33.3 Å². The highest BCUT2D eigenvalue weighted by Gasteiger charge is 2.29. The lowest BCUT2D eigenvalue weighted by Gasteiger charge is -2.23. The van der Waals surface area contributed by atoms with Crippen molar-refractivity contribution in [3.63, 3.8) is 0 Å². The number of alkyl carbamates (subject to hydrolysis) is 1. The van der Waals surface area contributed by atoms with Gasteiger partial charge >= 0.3 is 6.09 Å². The Morgan fingerprint density at radius 3 is 2.84 bits per heavy atom. The maximum absolute atomic E-state index is 11.7. The second kappa shape index (κ2) is 5.21. The first-order chi connectivity index (χ1) is 8.90. The smallest absolute Gasteiger partial charge is 0.408 e. The Kier molecular flexibility index (Phi) is 3.80. The van der Waals surface area contributed by atoms with Crippen molar-refractivity contribution in [2.75, 3.05) is 6.61 Å². The van der Waals surface area contributed by atoms with E-state index >= 15 is 0 Å². The third-order valence-corrected chi connectivity index (χ3v) is 2.87. The van der Waals surface area contributed by atoms with E-state index in [2.05, 4.69) is 10.3 Å². The van der Waals surface area contributed by atoms with Crippen LogP contribution in [-0.2, 0) is 4.74 Å². The SMILES string of the molecule is CC(C)(C)OC(=O)NC(CO)c1cncn1C1CC1. The number of hydrogen-bond donors (Lipinski definition) is 2. The molecule has 1 aromatic heterocycles. The number of amides is 1. The number of aliphatic hydroxyl groups is 1. The van der Waals surface area contributed by atoms with Crippen LogP contribution in [0.2, 0.25) is 0 Å². The molecule has 0 spiro atoms. The van der Waals surface area contributed by atoms with E-state index in [1.807, 2.05) is 4.57 Å². The first-order valence-electron chi connectivity index (χ1n) is 6.53. The fourth-order valence-electron chi connectivity index (χ4n) is 1.91. The number of carbonyl (C=O) groups excluding carboxylic acids is 1. The lowest BCUT2D eigenvalue weighted by Crippen LogP contribution is -2.37. The molecule has 1 aliphatic rings. The van der Waals surface area contributed by atoms with Gasteiger partial charge < -0.3 is 19.7 Å². The molecule has 0 radical (unpaired) electrons. The predicted molar refractivity (Wildman–Crippen MR) is 69.7 cm³/mol. The van der Waals surface area contributed by atoms with E-state index in [-0.39, 0.29) is 6.61 Å². The number of aromatic nitrogens is 2. The van der Waals surface area contributed by atoms with Gasteiger partial charge in [0, 0.05) is 6.04 Å². The van der Waals surface area contributed by atoms with Gasteiger partial charge in [0.15, 0.2) is 0 Å². The molecule has 106 valence electrons. The van der Waals surface area contributed by atoms with Crippen LogP contribution >= 0.6 is 0 Å². The molecule has 2 N–H and O–H groups in total. The van der Waals surface area contributed by atoms with Crippen LogP contribution in [0.15, 0.2) is 12.5 Å². The summed E-state index contributed by atoms with van der Waals surface area (Å²) >= 11 is 0. The molecule has 1 amide bonds. The number of imidazole rings is 1. The summed E-state index contributed by atoms with van der Waals surface area (Å²) in [4.78, 5) is 15.8. The Hall–Kier alpha value is -1.56. The summed E-state index contributed by atoms with van der Waals surface area (Å²) in [5.74, 6) is 0. The van der Waals surface area contributed by atoms with Crippen LogP contribution in [0.25, 0.3) is 0 Å². The molecule has 1 saturated carbocycles. The number of nitrogens with zero attached hydrogens (tertiary/aromatic N) is 2. The zero-order chi connectivity index (χ0) is 14.0. The molecule has 1 atom stereocenters. The van der Waals surface area contributed by atoms with E-state index < -0.39 is 17.7 Å². The molecular formula is C13H21N3O3. The van der Waals surface area contributed by atoms with Crippen molar-refractivity contribution < 1.29 is 14.6 Å². The minimum atomic E-state index is -0.555. The fourth-order valence-corrected chi connectivity index (χ4v) is 1.91. The molecule has 0 bridgehead atoms. The normalized spacial score (nSPS) is 17.1. The summed E-state index contributed by atoms with van der Waals surface area (Å²) < 4.78 is 7.21. The van der Waals surface area contributed by atoms with Crippen LogP contribution in [0.3, 0.4) is 0 Å². The number of nitrogens with one attached hydrogen (secondary N) is 1.